The van der Waals surface area contributed by atoms with Crippen LogP contribution in [0.4, 0.5) is 0 Å². The van der Waals surface area contributed by atoms with Gasteiger partial charge < -0.3 is 14.8 Å². The molecule has 0 atom stereocenters. The Morgan fingerprint density at radius 1 is 1.33 bits per heavy atom. The molecular formula is C14H15N5O2. The van der Waals surface area contributed by atoms with Gasteiger partial charge in [-0.25, -0.2) is 4.98 Å². The molecule has 1 amide bonds. The summed E-state index contributed by atoms with van der Waals surface area (Å²) in [6.45, 7) is 0.606. The van der Waals surface area contributed by atoms with Gasteiger partial charge in [-0.2, -0.15) is 5.10 Å². The molecule has 3 heterocycles. The van der Waals surface area contributed by atoms with Crippen molar-refractivity contribution in [2.45, 2.75) is 13.1 Å². The number of rotatable bonds is 5. The smallest absolute Gasteiger partial charge is 0.269 e. The van der Waals surface area contributed by atoms with Crippen LogP contribution in [-0.4, -0.2) is 36.8 Å². The summed E-state index contributed by atoms with van der Waals surface area (Å²) >= 11 is 0. The van der Waals surface area contributed by atoms with Gasteiger partial charge in [-0.15, -0.1) is 0 Å². The number of hydrogen-bond acceptors (Lipinski definition) is 4. The number of pyridine rings is 1. The first-order chi connectivity index (χ1) is 10.3. The van der Waals surface area contributed by atoms with E-state index in [1.807, 2.05) is 28.8 Å². The number of nitrogens with one attached hydrogen (secondary N) is 1. The molecule has 2 N–H and O–H groups in total. The fraction of sp³-hybridized carbons (Fsp3) is 0.214. The second-order valence-electron chi connectivity index (χ2n) is 4.52. The zero-order valence-corrected chi connectivity index (χ0v) is 11.3. The van der Waals surface area contributed by atoms with Gasteiger partial charge in [0, 0.05) is 12.4 Å². The third-order valence-electron chi connectivity index (χ3n) is 3.18. The first-order valence-electron chi connectivity index (χ1n) is 6.61. The van der Waals surface area contributed by atoms with Crippen molar-refractivity contribution in [3.63, 3.8) is 0 Å². The number of aliphatic hydroxyl groups is 1. The quantitative estimate of drug-likeness (QED) is 0.713. The van der Waals surface area contributed by atoms with Crippen LogP contribution in [0.3, 0.4) is 0 Å². The van der Waals surface area contributed by atoms with Crippen molar-refractivity contribution in [1.29, 1.82) is 0 Å². The van der Waals surface area contributed by atoms with Crippen LogP contribution >= 0.6 is 0 Å². The minimum absolute atomic E-state index is 0.0603. The van der Waals surface area contributed by atoms with E-state index < -0.39 is 0 Å². The van der Waals surface area contributed by atoms with Gasteiger partial charge in [-0.1, -0.05) is 6.07 Å². The molecule has 0 aliphatic heterocycles. The number of amides is 1. The highest BCUT2D eigenvalue weighted by Gasteiger charge is 2.12. The van der Waals surface area contributed by atoms with Crippen molar-refractivity contribution in [2.75, 3.05) is 6.61 Å². The molecular weight excluding hydrogens is 270 g/mol. The fourth-order valence-electron chi connectivity index (χ4n) is 2.18. The molecule has 3 aromatic rings. The Kier molecular flexibility index (Phi) is 3.65. The molecule has 0 aliphatic carbocycles. The predicted octanol–water partition coefficient (Wildman–Crippen LogP) is 0.453. The largest absolute Gasteiger partial charge is 0.394 e. The second-order valence-corrected chi connectivity index (χ2v) is 4.52. The Balaban J connectivity index is 1.72. The van der Waals surface area contributed by atoms with Gasteiger partial charge in [0.25, 0.3) is 5.91 Å². The van der Waals surface area contributed by atoms with Gasteiger partial charge in [-0.05, 0) is 18.2 Å². The average Bonchev–Trinajstić information content (AvgIpc) is 3.12. The molecule has 0 radical (unpaired) electrons. The summed E-state index contributed by atoms with van der Waals surface area (Å²) in [5, 5.41) is 15.8. The van der Waals surface area contributed by atoms with Crippen molar-refractivity contribution in [3.05, 3.63) is 54.2 Å². The van der Waals surface area contributed by atoms with E-state index in [-0.39, 0.29) is 12.5 Å². The van der Waals surface area contributed by atoms with Crippen LogP contribution in [0.5, 0.6) is 0 Å². The fourth-order valence-corrected chi connectivity index (χ4v) is 2.18. The standard InChI is InChI=1S/C14H15N5O2/c20-8-7-19-12(4-5-17-19)14(21)16-10-11-9-15-13-3-1-2-6-18(11)13/h1-6,9,20H,7-8,10H2,(H,16,21). The maximum absolute atomic E-state index is 12.1. The summed E-state index contributed by atoms with van der Waals surface area (Å²) in [6.07, 6.45) is 5.18. The van der Waals surface area contributed by atoms with Crippen molar-refractivity contribution in [2.24, 2.45) is 0 Å². The van der Waals surface area contributed by atoms with Gasteiger partial charge in [0.2, 0.25) is 0 Å². The monoisotopic (exact) mass is 285 g/mol. The Labute approximate surface area is 120 Å². The van der Waals surface area contributed by atoms with Crippen molar-refractivity contribution < 1.29 is 9.90 Å². The summed E-state index contributed by atoms with van der Waals surface area (Å²) in [6, 6.07) is 7.36. The zero-order valence-electron chi connectivity index (χ0n) is 11.3. The highest BCUT2D eigenvalue weighted by Crippen LogP contribution is 2.06. The molecule has 3 aromatic heterocycles. The van der Waals surface area contributed by atoms with E-state index in [0.717, 1.165) is 11.3 Å². The highest BCUT2D eigenvalue weighted by atomic mass is 16.3. The van der Waals surface area contributed by atoms with Gasteiger partial charge in [0.15, 0.2) is 0 Å². The number of fused-ring (bicyclic) bond motifs is 1. The number of hydrogen-bond donors (Lipinski definition) is 2. The molecule has 0 saturated heterocycles. The Hall–Kier alpha value is -2.67. The van der Waals surface area contributed by atoms with Crippen molar-refractivity contribution >= 4 is 11.6 Å². The molecule has 7 nitrogen and oxygen atoms in total. The Morgan fingerprint density at radius 2 is 2.24 bits per heavy atom. The lowest BCUT2D eigenvalue weighted by molar-refractivity contribution is 0.0938. The van der Waals surface area contributed by atoms with Gasteiger partial charge in [-0.3, -0.25) is 9.48 Å². The molecule has 7 heteroatoms. The summed E-state index contributed by atoms with van der Waals surface area (Å²) in [5.74, 6) is -0.230. The molecule has 0 saturated carbocycles. The zero-order chi connectivity index (χ0) is 14.7. The minimum Gasteiger partial charge on any atom is -0.394 e. The van der Waals surface area contributed by atoms with E-state index >= 15 is 0 Å². The predicted molar refractivity (Wildman–Crippen MR) is 75.7 cm³/mol. The molecule has 21 heavy (non-hydrogen) atoms. The molecule has 0 fully saturated rings. The first kappa shape index (κ1) is 13.3. The van der Waals surface area contributed by atoms with Crippen LogP contribution in [-0.2, 0) is 13.1 Å². The van der Waals surface area contributed by atoms with Crippen LogP contribution in [0.1, 0.15) is 16.2 Å². The van der Waals surface area contributed by atoms with Crippen molar-refractivity contribution in [1.82, 2.24) is 24.5 Å². The normalized spacial score (nSPS) is 10.9. The molecule has 0 bridgehead atoms. The lowest BCUT2D eigenvalue weighted by Gasteiger charge is -2.07. The lowest BCUT2D eigenvalue weighted by atomic mass is 10.3. The molecule has 0 aliphatic rings. The molecule has 0 unspecified atom stereocenters. The van der Waals surface area contributed by atoms with E-state index in [9.17, 15) is 4.79 Å². The molecule has 108 valence electrons. The van der Waals surface area contributed by atoms with Gasteiger partial charge >= 0.3 is 0 Å². The van der Waals surface area contributed by atoms with Crippen LogP contribution in [0, 0.1) is 0 Å². The SMILES string of the molecule is O=C(NCc1cnc2ccccn12)c1ccnn1CCO. The maximum Gasteiger partial charge on any atom is 0.269 e. The average molecular weight is 285 g/mol. The Morgan fingerprint density at radius 3 is 3.10 bits per heavy atom. The summed E-state index contributed by atoms with van der Waals surface area (Å²) in [7, 11) is 0. The van der Waals surface area contributed by atoms with E-state index in [2.05, 4.69) is 15.4 Å². The summed E-state index contributed by atoms with van der Waals surface area (Å²) in [5.41, 5.74) is 2.16. The summed E-state index contributed by atoms with van der Waals surface area (Å²) in [4.78, 5) is 16.4. The number of imidazole rings is 1. The van der Waals surface area contributed by atoms with Crippen molar-refractivity contribution in [3.8, 4) is 0 Å². The minimum atomic E-state index is -0.230. The third kappa shape index (κ3) is 2.63. The topological polar surface area (TPSA) is 84.5 Å². The summed E-state index contributed by atoms with van der Waals surface area (Å²) < 4.78 is 3.40. The van der Waals surface area contributed by atoms with E-state index in [1.165, 1.54) is 4.68 Å². The number of nitrogens with zero attached hydrogens (tertiary/aromatic N) is 4. The van der Waals surface area contributed by atoms with Gasteiger partial charge in [0.1, 0.15) is 11.3 Å². The number of aliphatic hydroxyl groups excluding tert-OH is 1. The van der Waals surface area contributed by atoms with Crippen LogP contribution in [0.2, 0.25) is 0 Å². The second kappa shape index (κ2) is 5.76. The number of carbonyl (C=O) groups is 1. The highest BCUT2D eigenvalue weighted by molar-refractivity contribution is 5.92. The van der Waals surface area contributed by atoms with E-state index in [0.29, 0.717) is 18.8 Å². The first-order valence-corrected chi connectivity index (χ1v) is 6.61. The Bertz CT molecular complexity index is 761. The number of aromatic nitrogens is 4. The lowest BCUT2D eigenvalue weighted by Crippen LogP contribution is -2.26. The van der Waals surface area contributed by atoms with Crippen LogP contribution < -0.4 is 5.32 Å². The van der Waals surface area contributed by atoms with E-state index in [1.54, 1.807) is 18.5 Å². The molecule has 3 rings (SSSR count). The van der Waals surface area contributed by atoms with E-state index in [4.69, 9.17) is 5.11 Å². The molecule has 0 spiro atoms. The molecule has 0 aromatic carbocycles. The van der Waals surface area contributed by atoms with Gasteiger partial charge in [0.05, 0.1) is 31.6 Å². The number of carbonyl (C=O) groups excluding carboxylic acids is 1. The van der Waals surface area contributed by atoms with Crippen LogP contribution in [0.25, 0.3) is 5.65 Å². The third-order valence-corrected chi connectivity index (χ3v) is 3.18. The van der Waals surface area contributed by atoms with Crippen LogP contribution in [0.15, 0.2) is 42.9 Å². The maximum atomic E-state index is 12.1.